The van der Waals surface area contributed by atoms with Crippen LogP contribution in [0.2, 0.25) is 0 Å². The second kappa shape index (κ2) is 7.09. The Morgan fingerprint density at radius 1 is 1.15 bits per heavy atom. The minimum absolute atomic E-state index is 0.215. The van der Waals surface area contributed by atoms with Gasteiger partial charge in [0.05, 0.1) is 10.6 Å². The van der Waals surface area contributed by atoms with Crippen molar-refractivity contribution in [3.05, 3.63) is 24.3 Å². The molecule has 2 N–H and O–H groups in total. The summed E-state index contributed by atoms with van der Waals surface area (Å²) < 4.78 is 23.8. The van der Waals surface area contributed by atoms with Gasteiger partial charge in [0, 0.05) is 18.3 Å². The molecule has 0 aromatic heterocycles. The molecule has 0 bridgehead atoms. The number of sulfone groups is 1. The summed E-state index contributed by atoms with van der Waals surface area (Å²) in [5.41, 5.74) is 0.979. The van der Waals surface area contributed by atoms with E-state index in [1.54, 1.807) is 12.1 Å². The zero-order valence-corrected chi connectivity index (χ0v) is 12.9. The Hall–Kier alpha value is -1.07. The summed E-state index contributed by atoms with van der Waals surface area (Å²) in [6.45, 7) is 3.82. The molecule has 20 heavy (non-hydrogen) atoms. The molecule has 0 radical (unpaired) electrons. The van der Waals surface area contributed by atoms with E-state index in [-0.39, 0.29) is 5.75 Å². The summed E-state index contributed by atoms with van der Waals surface area (Å²) in [6.07, 6.45) is 4.37. The van der Waals surface area contributed by atoms with Crippen LogP contribution in [0.1, 0.15) is 32.6 Å². The van der Waals surface area contributed by atoms with E-state index in [1.165, 1.54) is 12.8 Å². The van der Waals surface area contributed by atoms with Gasteiger partial charge in [-0.1, -0.05) is 6.92 Å². The third-order valence-corrected chi connectivity index (χ3v) is 5.32. The molecule has 112 valence electrons. The van der Waals surface area contributed by atoms with E-state index in [9.17, 15) is 8.42 Å². The number of nitrogens with one attached hydrogen (secondary N) is 2. The van der Waals surface area contributed by atoms with Gasteiger partial charge >= 0.3 is 0 Å². The summed E-state index contributed by atoms with van der Waals surface area (Å²) in [7, 11) is -3.10. The molecule has 0 unspecified atom stereocenters. The summed E-state index contributed by atoms with van der Waals surface area (Å²) in [5.74, 6) is 0.215. The van der Waals surface area contributed by atoms with Crippen LogP contribution in [-0.2, 0) is 9.84 Å². The molecule has 0 heterocycles. The zero-order valence-electron chi connectivity index (χ0n) is 12.1. The average Bonchev–Trinajstić information content (AvgIpc) is 3.23. The Balaban J connectivity index is 1.75. The standard InChI is InChI=1S/C15H24N2O2S/c1-2-12-20(18,19)15-8-6-14(7-9-15)17-11-3-10-16-13-4-5-13/h6-9,13,16-17H,2-5,10-12H2,1H3. The van der Waals surface area contributed by atoms with Gasteiger partial charge in [0.2, 0.25) is 0 Å². The van der Waals surface area contributed by atoms with E-state index in [4.69, 9.17) is 0 Å². The van der Waals surface area contributed by atoms with Gasteiger partial charge in [0.15, 0.2) is 9.84 Å². The first kappa shape index (κ1) is 15.3. The second-order valence-electron chi connectivity index (χ2n) is 5.35. The van der Waals surface area contributed by atoms with Gasteiger partial charge in [-0.05, 0) is 56.5 Å². The molecule has 4 nitrogen and oxygen atoms in total. The molecule has 1 aliphatic rings. The Morgan fingerprint density at radius 2 is 1.85 bits per heavy atom. The van der Waals surface area contributed by atoms with Gasteiger partial charge in [-0.3, -0.25) is 0 Å². The SMILES string of the molecule is CCCS(=O)(=O)c1ccc(NCCCNC2CC2)cc1. The number of benzene rings is 1. The first-order chi connectivity index (χ1) is 9.62. The van der Waals surface area contributed by atoms with Crippen LogP contribution in [-0.4, -0.2) is 33.3 Å². The first-order valence-corrected chi connectivity index (χ1v) is 9.07. The fourth-order valence-electron chi connectivity index (χ4n) is 2.08. The van der Waals surface area contributed by atoms with E-state index >= 15 is 0 Å². The van der Waals surface area contributed by atoms with Crippen LogP contribution >= 0.6 is 0 Å². The van der Waals surface area contributed by atoms with Gasteiger partial charge < -0.3 is 10.6 Å². The maximum atomic E-state index is 11.9. The number of hydrogen-bond donors (Lipinski definition) is 2. The molecule has 0 spiro atoms. The lowest BCUT2D eigenvalue weighted by molar-refractivity contribution is 0.595. The lowest BCUT2D eigenvalue weighted by atomic mass is 10.3. The third-order valence-electron chi connectivity index (χ3n) is 3.38. The molecular formula is C15H24N2O2S. The maximum Gasteiger partial charge on any atom is 0.178 e. The molecule has 1 aromatic rings. The summed E-state index contributed by atoms with van der Waals surface area (Å²) >= 11 is 0. The summed E-state index contributed by atoms with van der Waals surface area (Å²) in [6, 6.07) is 7.83. The van der Waals surface area contributed by atoms with Gasteiger partial charge in [-0.15, -0.1) is 0 Å². The number of rotatable bonds is 9. The predicted molar refractivity (Wildman–Crippen MR) is 82.9 cm³/mol. The summed E-state index contributed by atoms with van der Waals surface area (Å²) in [4.78, 5) is 0.417. The number of hydrogen-bond acceptors (Lipinski definition) is 4. The lowest BCUT2D eigenvalue weighted by Gasteiger charge is -2.08. The van der Waals surface area contributed by atoms with Gasteiger partial charge in [0.25, 0.3) is 0 Å². The molecule has 0 saturated heterocycles. The topological polar surface area (TPSA) is 58.2 Å². The van der Waals surface area contributed by atoms with E-state index in [0.29, 0.717) is 11.3 Å². The maximum absolute atomic E-state index is 11.9. The highest BCUT2D eigenvalue weighted by atomic mass is 32.2. The predicted octanol–water partition coefficient (Wildman–Crippen LogP) is 2.42. The van der Waals surface area contributed by atoms with Crippen LogP contribution in [0.3, 0.4) is 0 Å². The van der Waals surface area contributed by atoms with Gasteiger partial charge in [0.1, 0.15) is 0 Å². The minimum Gasteiger partial charge on any atom is -0.385 e. The van der Waals surface area contributed by atoms with Gasteiger partial charge in [-0.2, -0.15) is 0 Å². The van der Waals surface area contributed by atoms with Crippen LogP contribution < -0.4 is 10.6 Å². The van der Waals surface area contributed by atoms with Crippen molar-refractivity contribution in [2.75, 3.05) is 24.2 Å². The van der Waals surface area contributed by atoms with Crippen molar-refractivity contribution in [2.45, 2.75) is 43.5 Å². The summed E-state index contributed by atoms with van der Waals surface area (Å²) in [5, 5.41) is 6.78. The fraction of sp³-hybridized carbons (Fsp3) is 0.600. The minimum atomic E-state index is -3.10. The van der Waals surface area contributed by atoms with Crippen molar-refractivity contribution < 1.29 is 8.42 Å². The van der Waals surface area contributed by atoms with E-state index in [1.807, 2.05) is 19.1 Å². The molecule has 1 aromatic carbocycles. The Labute approximate surface area is 121 Å². The monoisotopic (exact) mass is 296 g/mol. The lowest BCUT2D eigenvalue weighted by Crippen LogP contribution is -2.19. The Bertz CT molecular complexity index is 507. The highest BCUT2D eigenvalue weighted by Crippen LogP contribution is 2.18. The van der Waals surface area contributed by atoms with E-state index < -0.39 is 9.84 Å². The van der Waals surface area contributed by atoms with E-state index in [2.05, 4.69) is 10.6 Å². The van der Waals surface area contributed by atoms with Crippen molar-refractivity contribution in [2.24, 2.45) is 0 Å². The quantitative estimate of drug-likeness (QED) is 0.687. The van der Waals surface area contributed by atoms with Gasteiger partial charge in [-0.25, -0.2) is 8.42 Å². The van der Waals surface area contributed by atoms with Crippen LogP contribution in [0.5, 0.6) is 0 Å². The second-order valence-corrected chi connectivity index (χ2v) is 7.46. The highest BCUT2D eigenvalue weighted by molar-refractivity contribution is 7.91. The Morgan fingerprint density at radius 3 is 2.45 bits per heavy atom. The van der Waals surface area contributed by atoms with Crippen LogP contribution in [0, 0.1) is 0 Å². The fourth-order valence-corrected chi connectivity index (χ4v) is 3.41. The number of anilines is 1. The Kier molecular flexibility index (Phi) is 5.43. The van der Waals surface area contributed by atoms with Crippen LogP contribution in [0.25, 0.3) is 0 Å². The van der Waals surface area contributed by atoms with Crippen molar-refractivity contribution >= 4 is 15.5 Å². The molecule has 2 rings (SSSR count). The third kappa shape index (κ3) is 4.80. The normalized spacial score (nSPS) is 15.2. The molecule has 0 aliphatic heterocycles. The largest absolute Gasteiger partial charge is 0.385 e. The molecule has 1 aliphatic carbocycles. The average molecular weight is 296 g/mol. The van der Waals surface area contributed by atoms with E-state index in [0.717, 1.165) is 31.2 Å². The molecule has 0 amide bonds. The van der Waals surface area contributed by atoms with Crippen LogP contribution in [0.15, 0.2) is 29.2 Å². The molecule has 1 saturated carbocycles. The van der Waals surface area contributed by atoms with Crippen molar-refractivity contribution in [3.63, 3.8) is 0 Å². The molecule has 5 heteroatoms. The zero-order chi connectivity index (χ0) is 14.4. The highest BCUT2D eigenvalue weighted by Gasteiger charge is 2.19. The van der Waals surface area contributed by atoms with Crippen molar-refractivity contribution in [3.8, 4) is 0 Å². The van der Waals surface area contributed by atoms with Crippen molar-refractivity contribution in [1.29, 1.82) is 0 Å². The van der Waals surface area contributed by atoms with Crippen LogP contribution in [0.4, 0.5) is 5.69 Å². The van der Waals surface area contributed by atoms with Crippen molar-refractivity contribution in [1.82, 2.24) is 5.32 Å². The molecular weight excluding hydrogens is 272 g/mol. The first-order valence-electron chi connectivity index (χ1n) is 7.42. The smallest absolute Gasteiger partial charge is 0.178 e. The molecule has 0 atom stereocenters. The molecule has 1 fully saturated rings.